The summed E-state index contributed by atoms with van der Waals surface area (Å²) in [5.74, 6) is 0.488. The molecule has 0 fully saturated rings. The molecule has 2 heterocycles. The van der Waals surface area contributed by atoms with Gasteiger partial charge in [0, 0.05) is 30.9 Å². The number of aromatic nitrogens is 3. The van der Waals surface area contributed by atoms with Gasteiger partial charge in [0.2, 0.25) is 0 Å². The molecule has 0 aliphatic rings. The molecule has 8 heteroatoms. The second-order valence-electron chi connectivity index (χ2n) is 4.85. The smallest absolute Gasteiger partial charge is 0.273 e. The topological polar surface area (TPSA) is 85.3 Å². The van der Waals surface area contributed by atoms with Crippen molar-refractivity contribution in [2.75, 3.05) is 27.2 Å². The second-order valence-corrected chi connectivity index (χ2v) is 5.79. The first kappa shape index (κ1) is 15.6. The van der Waals surface area contributed by atoms with Crippen molar-refractivity contribution in [3.63, 3.8) is 0 Å². The predicted molar refractivity (Wildman–Crippen MR) is 79.9 cm³/mol. The minimum Gasteiger partial charge on any atom is -0.395 e. The molecule has 0 spiro atoms. The highest BCUT2D eigenvalue weighted by molar-refractivity contribution is 7.09. The number of hydrogen-bond acceptors (Lipinski definition) is 6. The highest BCUT2D eigenvalue weighted by Crippen LogP contribution is 2.14. The number of amides is 1. The number of imidazole rings is 1. The SMILES string of the molecule is CN(C)Cc1nc(C(=O)N(CCO)Cc2ncc[nH]2)cs1. The molecule has 0 bridgehead atoms. The van der Waals surface area contributed by atoms with Crippen LogP contribution in [0.25, 0.3) is 0 Å². The van der Waals surface area contributed by atoms with E-state index in [0.29, 0.717) is 24.6 Å². The van der Waals surface area contributed by atoms with Crippen molar-refractivity contribution >= 4 is 17.2 Å². The minimum atomic E-state index is -0.193. The summed E-state index contributed by atoms with van der Waals surface area (Å²) in [6.45, 7) is 1.18. The van der Waals surface area contributed by atoms with Crippen molar-refractivity contribution < 1.29 is 9.90 Å². The van der Waals surface area contributed by atoms with Gasteiger partial charge in [0.25, 0.3) is 5.91 Å². The lowest BCUT2D eigenvalue weighted by atomic mass is 10.3. The first-order valence-electron chi connectivity index (χ1n) is 6.57. The van der Waals surface area contributed by atoms with E-state index in [0.717, 1.165) is 5.01 Å². The number of aromatic amines is 1. The van der Waals surface area contributed by atoms with Crippen molar-refractivity contribution in [2.45, 2.75) is 13.1 Å². The number of nitrogens with one attached hydrogen (secondary N) is 1. The molecule has 0 aromatic carbocycles. The fraction of sp³-hybridized carbons (Fsp3) is 0.462. The van der Waals surface area contributed by atoms with E-state index in [4.69, 9.17) is 5.11 Å². The summed E-state index contributed by atoms with van der Waals surface area (Å²) in [6, 6.07) is 0. The number of carbonyl (C=O) groups excluding carboxylic acids is 1. The van der Waals surface area contributed by atoms with Crippen LogP contribution in [-0.4, -0.2) is 63.0 Å². The Labute approximate surface area is 127 Å². The summed E-state index contributed by atoms with van der Waals surface area (Å²) in [5.41, 5.74) is 0.414. The Hall–Kier alpha value is -1.77. The van der Waals surface area contributed by atoms with E-state index in [-0.39, 0.29) is 19.1 Å². The Morgan fingerprint density at radius 1 is 1.43 bits per heavy atom. The molecule has 1 amide bonds. The Morgan fingerprint density at radius 2 is 2.24 bits per heavy atom. The maximum absolute atomic E-state index is 12.5. The van der Waals surface area contributed by atoms with Gasteiger partial charge in [-0.3, -0.25) is 4.79 Å². The van der Waals surface area contributed by atoms with Crippen LogP contribution in [0.1, 0.15) is 21.3 Å². The van der Waals surface area contributed by atoms with Crippen LogP contribution in [0, 0.1) is 0 Å². The fourth-order valence-electron chi connectivity index (χ4n) is 1.85. The van der Waals surface area contributed by atoms with Crippen molar-refractivity contribution in [1.29, 1.82) is 0 Å². The summed E-state index contributed by atoms with van der Waals surface area (Å²) in [5, 5.41) is 11.8. The summed E-state index contributed by atoms with van der Waals surface area (Å²) in [6.07, 6.45) is 3.34. The van der Waals surface area contributed by atoms with E-state index < -0.39 is 0 Å². The zero-order valence-corrected chi connectivity index (χ0v) is 12.9. The standard InChI is InChI=1S/C13H19N5O2S/c1-17(2)8-12-16-10(9-21-12)13(20)18(5-6-19)7-11-14-3-4-15-11/h3-4,9,19H,5-8H2,1-2H3,(H,14,15). The van der Waals surface area contributed by atoms with Gasteiger partial charge in [-0.2, -0.15) is 0 Å². The van der Waals surface area contributed by atoms with Gasteiger partial charge in [-0.15, -0.1) is 11.3 Å². The molecule has 114 valence electrons. The van der Waals surface area contributed by atoms with Crippen LogP contribution in [0.15, 0.2) is 17.8 Å². The summed E-state index contributed by atoms with van der Waals surface area (Å²) in [4.78, 5) is 27.4. The first-order chi connectivity index (χ1) is 10.1. The maximum Gasteiger partial charge on any atom is 0.273 e. The van der Waals surface area contributed by atoms with Crippen LogP contribution in [0.3, 0.4) is 0 Å². The molecule has 2 aromatic heterocycles. The lowest BCUT2D eigenvalue weighted by molar-refractivity contribution is 0.0698. The maximum atomic E-state index is 12.5. The molecule has 0 saturated heterocycles. The molecule has 0 aliphatic heterocycles. The number of rotatable bonds is 7. The first-order valence-corrected chi connectivity index (χ1v) is 7.45. The number of H-pyrrole nitrogens is 1. The predicted octanol–water partition coefficient (Wildman–Crippen LogP) is 0.563. The summed E-state index contributed by atoms with van der Waals surface area (Å²) in [7, 11) is 3.91. The lowest BCUT2D eigenvalue weighted by Crippen LogP contribution is -2.33. The number of aliphatic hydroxyl groups is 1. The van der Waals surface area contributed by atoms with Crippen molar-refractivity contribution in [3.8, 4) is 0 Å². The normalized spacial score (nSPS) is 11.0. The highest BCUT2D eigenvalue weighted by Gasteiger charge is 2.19. The third-order valence-electron chi connectivity index (χ3n) is 2.77. The van der Waals surface area contributed by atoms with Gasteiger partial charge in [-0.05, 0) is 14.1 Å². The van der Waals surface area contributed by atoms with Crippen LogP contribution < -0.4 is 0 Å². The fourth-order valence-corrected chi connectivity index (χ4v) is 2.74. The van der Waals surface area contributed by atoms with E-state index in [1.165, 1.54) is 16.2 Å². The van der Waals surface area contributed by atoms with E-state index >= 15 is 0 Å². The molecule has 2 rings (SSSR count). The lowest BCUT2D eigenvalue weighted by Gasteiger charge is -2.19. The molecule has 2 aromatic rings. The van der Waals surface area contributed by atoms with E-state index in [1.807, 2.05) is 19.0 Å². The van der Waals surface area contributed by atoms with Gasteiger partial charge in [0.15, 0.2) is 0 Å². The van der Waals surface area contributed by atoms with Crippen LogP contribution in [0.2, 0.25) is 0 Å². The summed E-state index contributed by atoms with van der Waals surface area (Å²) < 4.78 is 0. The molecule has 2 N–H and O–H groups in total. The Bertz CT molecular complexity index is 567. The summed E-state index contributed by atoms with van der Waals surface area (Å²) >= 11 is 1.46. The molecule has 0 saturated carbocycles. The second kappa shape index (κ2) is 7.30. The third-order valence-corrected chi connectivity index (χ3v) is 3.61. The molecule has 0 unspecified atom stereocenters. The molecule has 7 nitrogen and oxygen atoms in total. The molecular weight excluding hydrogens is 290 g/mol. The minimum absolute atomic E-state index is 0.0961. The third kappa shape index (κ3) is 4.35. The van der Waals surface area contributed by atoms with Gasteiger partial charge in [-0.1, -0.05) is 0 Å². The zero-order valence-electron chi connectivity index (χ0n) is 12.1. The number of aliphatic hydroxyl groups excluding tert-OH is 1. The van der Waals surface area contributed by atoms with Gasteiger partial charge in [0.1, 0.15) is 16.5 Å². The number of carbonyl (C=O) groups is 1. The van der Waals surface area contributed by atoms with Crippen LogP contribution in [0.5, 0.6) is 0 Å². The van der Waals surface area contributed by atoms with E-state index in [2.05, 4.69) is 15.0 Å². The molecule has 21 heavy (non-hydrogen) atoms. The Balaban J connectivity index is 2.08. The number of thiazole rings is 1. The quantitative estimate of drug-likeness (QED) is 0.781. The zero-order chi connectivity index (χ0) is 15.2. The van der Waals surface area contributed by atoms with Gasteiger partial charge in [-0.25, -0.2) is 9.97 Å². The number of hydrogen-bond donors (Lipinski definition) is 2. The van der Waals surface area contributed by atoms with Gasteiger partial charge in [0.05, 0.1) is 13.2 Å². The van der Waals surface area contributed by atoms with Crippen molar-refractivity contribution in [2.24, 2.45) is 0 Å². The molecule has 0 radical (unpaired) electrons. The average molecular weight is 309 g/mol. The highest BCUT2D eigenvalue weighted by atomic mass is 32.1. The molecule has 0 atom stereocenters. The van der Waals surface area contributed by atoms with Gasteiger partial charge < -0.3 is 19.9 Å². The molecule has 0 aliphatic carbocycles. The largest absolute Gasteiger partial charge is 0.395 e. The van der Waals surface area contributed by atoms with Gasteiger partial charge >= 0.3 is 0 Å². The van der Waals surface area contributed by atoms with Crippen molar-refractivity contribution in [3.05, 3.63) is 34.3 Å². The van der Waals surface area contributed by atoms with Crippen LogP contribution in [0.4, 0.5) is 0 Å². The van der Waals surface area contributed by atoms with Crippen LogP contribution >= 0.6 is 11.3 Å². The van der Waals surface area contributed by atoms with Crippen molar-refractivity contribution in [1.82, 2.24) is 24.8 Å². The molecular formula is C13H19N5O2S. The number of nitrogens with zero attached hydrogens (tertiary/aromatic N) is 4. The average Bonchev–Trinajstić information content (AvgIpc) is 3.08. The van der Waals surface area contributed by atoms with E-state index in [1.54, 1.807) is 17.8 Å². The Morgan fingerprint density at radius 3 is 2.86 bits per heavy atom. The van der Waals surface area contributed by atoms with Crippen LogP contribution in [-0.2, 0) is 13.1 Å². The Kier molecular flexibility index (Phi) is 5.43. The van der Waals surface area contributed by atoms with E-state index in [9.17, 15) is 4.79 Å². The monoisotopic (exact) mass is 309 g/mol.